The van der Waals surface area contributed by atoms with Crippen molar-refractivity contribution in [1.82, 2.24) is 24.8 Å². The maximum absolute atomic E-state index is 12.6. The second-order valence-electron chi connectivity index (χ2n) is 7.45. The molecular weight excluding hydrogens is 408 g/mol. The van der Waals surface area contributed by atoms with E-state index in [2.05, 4.69) is 38.7 Å². The predicted octanol–water partition coefficient (Wildman–Crippen LogP) is 0.0530. The van der Waals surface area contributed by atoms with Crippen LogP contribution >= 0.6 is 0 Å². The average Bonchev–Trinajstić information content (AvgIpc) is 3.09. The van der Waals surface area contributed by atoms with Crippen molar-refractivity contribution in [2.45, 2.75) is 25.3 Å². The van der Waals surface area contributed by atoms with Gasteiger partial charge in [0.2, 0.25) is 5.82 Å². The van der Waals surface area contributed by atoms with E-state index in [-0.39, 0.29) is 17.1 Å². The molecule has 0 radical (unpaired) electrons. The molecule has 0 bridgehead atoms. The second kappa shape index (κ2) is 8.50. The Hall–Kier alpha value is -3.83. The zero-order chi connectivity index (χ0) is 22.8. The van der Waals surface area contributed by atoms with Gasteiger partial charge in [-0.3, -0.25) is 9.78 Å². The molecule has 0 atom stereocenters. The highest BCUT2D eigenvalue weighted by atomic mass is 16.5. The number of aliphatic carboxylic acids is 2. The number of carbonyl (C=O) groups is 3. The van der Waals surface area contributed by atoms with Gasteiger partial charge in [0, 0.05) is 38.1 Å². The van der Waals surface area contributed by atoms with Crippen LogP contribution in [-0.2, 0) is 15.0 Å². The van der Waals surface area contributed by atoms with Crippen LogP contribution in [0.4, 0.5) is 5.82 Å². The molecule has 31 heavy (non-hydrogen) atoms. The van der Waals surface area contributed by atoms with Gasteiger partial charge in [-0.1, -0.05) is 0 Å². The van der Waals surface area contributed by atoms with Crippen molar-refractivity contribution in [3.8, 4) is 5.75 Å². The highest BCUT2D eigenvalue weighted by Gasteiger charge is 2.55. The fraction of sp³-hybridized carbons (Fsp3) is 0.421. The summed E-state index contributed by atoms with van der Waals surface area (Å²) in [7, 11) is 1.54. The predicted molar refractivity (Wildman–Crippen MR) is 106 cm³/mol. The van der Waals surface area contributed by atoms with E-state index in [1.54, 1.807) is 24.4 Å². The van der Waals surface area contributed by atoms with Crippen LogP contribution in [0, 0.1) is 0 Å². The number of likely N-dealkylation sites (tertiary alicyclic amines) is 1. The molecule has 1 saturated heterocycles. The van der Waals surface area contributed by atoms with Crippen LogP contribution in [0.5, 0.6) is 5.75 Å². The minimum atomic E-state index is -1.82. The van der Waals surface area contributed by atoms with E-state index in [0.717, 1.165) is 18.1 Å². The Bertz CT molecular complexity index is 978. The van der Waals surface area contributed by atoms with Crippen molar-refractivity contribution in [3.05, 3.63) is 36.3 Å². The molecule has 164 valence electrons. The SMILES string of the molecule is COc1cnc(C(=O)N2CC3(C2)CN(C(C)C)c2nccnc23)nc1.O=C(O)C(=O)O. The molecule has 2 aromatic rings. The number of amides is 1. The van der Waals surface area contributed by atoms with Crippen LogP contribution in [-0.4, -0.2) is 85.7 Å². The lowest BCUT2D eigenvalue weighted by molar-refractivity contribution is -0.159. The Morgan fingerprint density at radius 2 is 1.58 bits per heavy atom. The van der Waals surface area contributed by atoms with Crippen molar-refractivity contribution in [2.24, 2.45) is 0 Å². The van der Waals surface area contributed by atoms with E-state index >= 15 is 0 Å². The minimum Gasteiger partial charge on any atom is -0.494 e. The first kappa shape index (κ1) is 21.9. The molecule has 1 amide bonds. The number of ether oxygens (including phenoxy) is 1. The highest BCUT2D eigenvalue weighted by Crippen LogP contribution is 2.45. The van der Waals surface area contributed by atoms with Crippen molar-refractivity contribution < 1.29 is 29.3 Å². The number of carboxylic acid groups (broad SMARTS) is 2. The summed E-state index contributed by atoms with van der Waals surface area (Å²) in [4.78, 5) is 52.1. The molecule has 4 rings (SSSR count). The standard InChI is InChI=1S/C17H20N6O2.C2H2O4/c1-11(2)23-10-17(13-15(23)19-5-4-18-13)8-22(9-17)16(24)14-20-6-12(25-3)7-21-14;3-1(4)2(5)6/h4-7,11H,8-10H2,1-3H3;(H,3,4)(H,5,6). The molecule has 1 fully saturated rings. The van der Waals surface area contributed by atoms with Crippen LogP contribution in [0.25, 0.3) is 0 Å². The average molecular weight is 430 g/mol. The van der Waals surface area contributed by atoms with Gasteiger partial charge in [0.1, 0.15) is 0 Å². The molecule has 4 heterocycles. The van der Waals surface area contributed by atoms with Gasteiger partial charge >= 0.3 is 11.9 Å². The van der Waals surface area contributed by atoms with E-state index in [4.69, 9.17) is 24.5 Å². The summed E-state index contributed by atoms with van der Waals surface area (Å²) >= 11 is 0. The molecule has 1 spiro atoms. The number of carboxylic acids is 2. The number of hydrogen-bond acceptors (Lipinski definition) is 9. The molecule has 0 saturated carbocycles. The van der Waals surface area contributed by atoms with Gasteiger partial charge in [-0.15, -0.1) is 0 Å². The highest BCUT2D eigenvalue weighted by molar-refractivity contribution is 6.27. The Morgan fingerprint density at radius 1 is 1.00 bits per heavy atom. The van der Waals surface area contributed by atoms with E-state index in [9.17, 15) is 4.79 Å². The second-order valence-corrected chi connectivity index (χ2v) is 7.45. The van der Waals surface area contributed by atoms with E-state index in [0.29, 0.717) is 24.9 Å². The van der Waals surface area contributed by atoms with Crippen molar-refractivity contribution in [3.63, 3.8) is 0 Å². The van der Waals surface area contributed by atoms with Gasteiger partial charge in [0.05, 0.1) is 30.6 Å². The zero-order valence-electron chi connectivity index (χ0n) is 17.2. The Balaban J connectivity index is 0.000000401. The normalized spacial score (nSPS) is 15.6. The summed E-state index contributed by atoms with van der Waals surface area (Å²) in [5, 5.41) is 14.8. The molecule has 12 heteroatoms. The van der Waals surface area contributed by atoms with Crippen LogP contribution < -0.4 is 9.64 Å². The first-order chi connectivity index (χ1) is 14.7. The molecule has 2 N–H and O–H groups in total. The van der Waals surface area contributed by atoms with Gasteiger partial charge in [0.15, 0.2) is 11.6 Å². The zero-order valence-corrected chi connectivity index (χ0v) is 17.2. The van der Waals surface area contributed by atoms with E-state index < -0.39 is 11.9 Å². The van der Waals surface area contributed by atoms with Crippen LogP contribution in [0.1, 0.15) is 30.2 Å². The van der Waals surface area contributed by atoms with Gasteiger partial charge < -0.3 is 24.7 Å². The fourth-order valence-corrected chi connectivity index (χ4v) is 3.57. The van der Waals surface area contributed by atoms with Gasteiger partial charge in [-0.25, -0.2) is 24.5 Å². The van der Waals surface area contributed by atoms with Crippen LogP contribution in [0.15, 0.2) is 24.8 Å². The third-order valence-corrected chi connectivity index (χ3v) is 5.06. The topological polar surface area (TPSA) is 159 Å². The quantitative estimate of drug-likeness (QED) is 0.634. The number of nitrogens with zero attached hydrogens (tertiary/aromatic N) is 6. The number of hydrogen-bond donors (Lipinski definition) is 2. The van der Waals surface area contributed by atoms with E-state index in [1.807, 2.05) is 0 Å². The third-order valence-electron chi connectivity index (χ3n) is 5.06. The lowest BCUT2D eigenvalue weighted by atomic mass is 9.78. The number of rotatable bonds is 3. The van der Waals surface area contributed by atoms with Gasteiger partial charge in [0.25, 0.3) is 5.91 Å². The van der Waals surface area contributed by atoms with E-state index in [1.165, 1.54) is 12.4 Å². The molecule has 2 aromatic heterocycles. The monoisotopic (exact) mass is 430 g/mol. The first-order valence-corrected chi connectivity index (χ1v) is 9.38. The minimum absolute atomic E-state index is 0.143. The molecule has 0 unspecified atom stereocenters. The molecule has 12 nitrogen and oxygen atoms in total. The molecule has 0 aromatic carbocycles. The lowest BCUT2D eigenvalue weighted by Crippen LogP contribution is -2.63. The Labute approximate surface area is 177 Å². The summed E-state index contributed by atoms with van der Waals surface area (Å²) in [5.74, 6) is -2.16. The number of carbonyl (C=O) groups excluding carboxylic acids is 1. The van der Waals surface area contributed by atoms with Gasteiger partial charge in [-0.05, 0) is 13.8 Å². The molecule has 2 aliphatic heterocycles. The van der Waals surface area contributed by atoms with Gasteiger partial charge in [-0.2, -0.15) is 0 Å². The number of fused-ring (bicyclic) bond motifs is 2. The maximum Gasteiger partial charge on any atom is 0.414 e. The lowest BCUT2D eigenvalue weighted by Gasteiger charge is -2.47. The fourth-order valence-electron chi connectivity index (χ4n) is 3.57. The van der Waals surface area contributed by atoms with Crippen molar-refractivity contribution >= 4 is 23.7 Å². The van der Waals surface area contributed by atoms with Crippen molar-refractivity contribution in [1.29, 1.82) is 0 Å². The van der Waals surface area contributed by atoms with Crippen molar-refractivity contribution in [2.75, 3.05) is 31.6 Å². The molecule has 2 aliphatic rings. The summed E-state index contributed by atoms with van der Waals surface area (Å²) in [6, 6.07) is 0.337. The summed E-state index contributed by atoms with van der Waals surface area (Å²) < 4.78 is 5.03. The summed E-state index contributed by atoms with van der Waals surface area (Å²) in [6.07, 6.45) is 6.46. The van der Waals surface area contributed by atoms with Crippen LogP contribution in [0.2, 0.25) is 0 Å². The Morgan fingerprint density at radius 3 is 2.10 bits per heavy atom. The molecular formula is C19H22N6O6. The third kappa shape index (κ3) is 4.22. The largest absolute Gasteiger partial charge is 0.494 e. The first-order valence-electron chi connectivity index (χ1n) is 9.38. The maximum atomic E-state index is 12.6. The van der Waals surface area contributed by atoms with Crippen LogP contribution in [0.3, 0.4) is 0 Å². The summed E-state index contributed by atoms with van der Waals surface area (Å²) in [6.45, 7) is 6.33. The number of methoxy groups -OCH3 is 1. The smallest absolute Gasteiger partial charge is 0.414 e. The molecule has 0 aliphatic carbocycles. The summed E-state index contributed by atoms with van der Waals surface area (Å²) in [5.41, 5.74) is 0.846. The Kier molecular flexibility index (Phi) is 5.99. The number of aromatic nitrogens is 4. The number of anilines is 1.